The number of fused-ring (bicyclic) bond motifs is 1. The minimum Gasteiger partial charge on any atom is -0.481 e. The molecule has 140 valence electrons. The van der Waals surface area contributed by atoms with Crippen LogP contribution in [0.2, 0.25) is 0 Å². The molecule has 2 heterocycles. The highest BCUT2D eigenvalue weighted by Crippen LogP contribution is 2.30. The standard InChI is InChI=1S/C21H23N3O2S/c1-15-8-9-18-19(14-15)27-21(22-18)24-12-10-23(11-13-24)20(25)16(2)26-17-6-4-3-5-7-17/h3-9,14,16H,10-13H2,1-2H3. The van der Waals surface area contributed by atoms with E-state index in [1.54, 1.807) is 11.3 Å². The molecule has 0 spiro atoms. The van der Waals surface area contributed by atoms with Crippen LogP contribution in [0.1, 0.15) is 12.5 Å². The zero-order chi connectivity index (χ0) is 18.8. The molecule has 3 aromatic rings. The maximum absolute atomic E-state index is 12.7. The molecule has 1 aliphatic rings. The third-order valence-electron chi connectivity index (χ3n) is 4.80. The molecule has 0 bridgehead atoms. The van der Waals surface area contributed by atoms with E-state index in [1.165, 1.54) is 10.3 Å². The van der Waals surface area contributed by atoms with E-state index < -0.39 is 6.10 Å². The Labute approximate surface area is 163 Å². The number of aryl methyl sites for hydroxylation is 1. The van der Waals surface area contributed by atoms with Gasteiger partial charge in [-0.3, -0.25) is 4.79 Å². The molecule has 1 fully saturated rings. The van der Waals surface area contributed by atoms with Gasteiger partial charge in [0.25, 0.3) is 5.91 Å². The first-order chi connectivity index (χ1) is 13.1. The molecule has 1 aliphatic heterocycles. The second-order valence-electron chi connectivity index (χ2n) is 6.85. The van der Waals surface area contributed by atoms with Crippen molar-refractivity contribution < 1.29 is 9.53 Å². The molecular weight excluding hydrogens is 358 g/mol. The van der Waals surface area contributed by atoms with Crippen LogP contribution in [0.3, 0.4) is 0 Å². The highest BCUT2D eigenvalue weighted by molar-refractivity contribution is 7.22. The number of nitrogens with zero attached hydrogens (tertiary/aromatic N) is 3. The SMILES string of the molecule is Cc1ccc2nc(N3CCN(C(=O)C(C)Oc4ccccc4)CC3)sc2c1. The monoisotopic (exact) mass is 381 g/mol. The lowest BCUT2D eigenvalue weighted by Gasteiger charge is -2.35. The highest BCUT2D eigenvalue weighted by atomic mass is 32.1. The molecule has 2 aromatic carbocycles. The van der Waals surface area contributed by atoms with Crippen LogP contribution in [-0.4, -0.2) is 48.1 Å². The highest BCUT2D eigenvalue weighted by Gasteiger charge is 2.27. The Kier molecular flexibility index (Phi) is 4.99. The summed E-state index contributed by atoms with van der Waals surface area (Å²) >= 11 is 1.72. The summed E-state index contributed by atoms with van der Waals surface area (Å²) < 4.78 is 6.99. The fourth-order valence-corrected chi connectivity index (χ4v) is 4.40. The summed E-state index contributed by atoms with van der Waals surface area (Å²) in [6.45, 7) is 6.89. The van der Waals surface area contributed by atoms with Crippen molar-refractivity contribution in [1.29, 1.82) is 0 Å². The average Bonchev–Trinajstić information content (AvgIpc) is 3.11. The first-order valence-electron chi connectivity index (χ1n) is 9.23. The molecular formula is C21H23N3O2S. The van der Waals surface area contributed by atoms with Crippen molar-refractivity contribution in [3.8, 4) is 5.75 Å². The Morgan fingerprint density at radius 2 is 1.85 bits per heavy atom. The molecule has 1 unspecified atom stereocenters. The Morgan fingerprint density at radius 3 is 2.59 bits per heavy atom. The van der Waals surface area contributed by atoms with Gasteiger partial charge in [-0.2, -0.15) is 0 Å². The minimum absolute atomic E-state index is 0.0402. The summed E-state index contributed by atoms with van der Waals surface area (Å²) in [5, 5.41) is 1.04. The molecule has 1 amide bonds. The van der Waals surface area contributed by atoms with Crippen LogP contribution in [0.4, 0.5) is 5.13 Å². The van der Waals surface area contributed by atoms with E-state index in [2.05, 4.69) is 30.0 Å². The quantitative estimate of drug-likeness (QED) is 0.691. The Balaban J connectivity index is 1.37. The van der Waals surface area contributed by atoms with Gasteiger partial charge in [0.2, 0.25) is 0 Å². The van der Waals surface area contributed by atoms with Crippen LogP contribution in [0, 0.1) is 6.92 Å². The fourth-order valence-electron chi connectivity index (χ4n) is 3.28. The zero-order valence-electron chi connectivity index (χ0n) is 15.6. The molecule has 4 rings (SSSR count). The molecule has 0 aliphatic carbocycles. The molecule has 0 radical (unpaired) electrons. The number of para-hydroxylation sites is 1. The van der Waals surface area contributed by atoms with Crippen molar-refractivity contribution in [3.05, 3.63) is 54.1 Å². The number of carbonyl (C=O) groups excluding carboxylic acids is 1. The molecule has 1 saturated heterocycles. The molecule has 5 nitrogen and oxygen atoms in total. The van der Waals surface area contributed by atoms with E-state index in [0.29, 0.717) is 13.1 Å². The number of ether oxygens (including phenoxy) is 1. The van der Waals surface area contributed by atoms with E-state index in [1.807, 2.05) is 42.2 Å². The van der Waals surface area contributed by atoms with Gasteiger partial charge < -0.3 is 14.5 Å². The Bertz CT molecular complexity index is 933. The first-order valence-corrected chi connectivity index (χ1v) is 10.0. The van der Waals surface area contributed by atoms with Crippen LogP contribution in [0.15, 0.2) is 48.5 Å². The van der Waals surface area contributed by atoms with Crippen LogP contribution >= 0.6 is 11.3 Å². The normalized spacial score (nSPS) is 15.8. The second kappa shape index (κ2) is 7.56. The lowest BCUT2D eigenvalue weighted by Crippen LogP contribution is -2.52. The summed E-state index contributed by atoms with van der Waals surface area (Å²) in [6.07, 6.45) is -0.482. The lowest BCUT2D eigenvalue weighted by atomic mass is 10.2. The third-order valence-corrected chi connectivity index (χ3v) is 5.88. The molecule has 1 aromatic heterocycles. The predicted octanol–water partition coefficient (Wildman–Crippen LogP) is 3.72. The number of piperazine rings is 1. The van der Waals surface area contributed by atoms with E-state index in [4.69, 9.17) is 9.72 Å². The molecule has 27 heavy (non-hydrogen) atoms. The van der Waals surface area contributed by atoms with Crippen molar-refractivity contribution in [3.63, 3.8) is 0 Å². The summed E-state index contributed by atoms with van der Waals surface area (Å²) in [7, 11) is 0. The van der Waals surface area contributed by atoms with Crippen LogP contribution in [-0.2, 0) is 4.79 Å². The summed E-state index contributed by atoms with van der Waals surface area (Å²) in [4.78, 5) is 21.6. The van der Waals surface area contributed by atoms with Gasteiger partial charge in [0.15, 0.2) is 11.2 Å². The smallest absolute Gasteiger partial charge is 0.263 e. The zero-order valence-corrected chi connectivity index (χ0v) is 16.4. The number of aromatic nitrogens is 1. The Hall–Kier alpha value is -2.60. The van der Waals surface area contributed by atoms with Gasteiger partial charge in [-0.05, 0) is 43.7 Å². The van der Waals surface area contributed by atoms with Crippen molar-refractivity contribution in [2.75, 3.05) is 31.1 Å². The lowest BCUT2D eigenvalue weighted by molar-refractivity contribution is -0.138. The molecule has 0 saturated carbocycles. The van der Waals surface area contributed by atoms with E-state index in [0.717, 1.165) is 29.5 Å². The first kappa shape index (κ1) is 17.8. The number of amides is 1. The third kappa shape index (κ3) is 3.90. The van der Waals surface area contributed by atoms with Gasteiger partial charge >= 0.3 is 0 Å². The van der Waals surface area contributed by atoms with Gasteiger partial charge in [-0.25, -0.2) is 4.98 Å². The average molecular weight is 382 g/mol. The van der Waals surface area contributed by atoms with Crippen molar-refractivity contribution in [2.45, 2.75) is 20.0 Å². The van der Waals surface area contributed by atoms with Gasteiger partial charge in [0.05, 0.1) is 10.2 Å². The maximum atomic E-state index is 12.7. The minimum atomic E-state index is -0.482. The van der Waals surface area contributed by atoms with Crippen molar-refractivity contribution in [2.24, 2.45) is 0 Å². The summed E-state index contributed by atoms with van der Waals surface area (Å²) in [5.41, 5.74) is 2.30. The predicted molar refractivity (Wildman–Crippen MR) is 110 cm³/mol. The largest absolute Gasteiger partial charge is 0.481 e. The summed E-state index contributed by atoms with van der Waals surface area (Å²) in [6, 6.07) is 15.8. The molecule has 0 N–H and O–H groups in total. The number of carbonyl (C=O) groups is 1. The van der Waals surface area contributed by atoms with E-state index >= 15 is 0 Å². The van der Waals surface area contributed by atoms with Crippen molar-refractivity contribution in [1.82, 2.24) is 9.88 Å². The molecule has 6 heteroatoms. The van der Waals surface area contributed by atoms with Crippen LogP contribution < -0.4 is 9.64 Å². The van der Waals surface area contributed by atoms with Gasteiger partial charge in [0.1, 0.15) is 5.75 Å². The number of rotatable bonds is 4. The van der Waals surface area contributed by atoms with Gasteiger partial charge in [-0.15, -0.1) is 0 Å². The number of hydrogen-bond donors (Lipinski definition) is 0. The van der Waals surface area contributed by atoms with Crippen LogP contribution in [0.25, 0.3) is 10.2 Å². The number of thiazole rings is 1. The second-order valence-corrected chi connectivity index (χ2v) is 7.86. The fraction of sp³-hybridized carbons (Fsp3) is 0.333. The number of hydrogen-bond acceptors (Lipinski definition) is 5. The Morgan fingerprint density at radius 1 is 1.11 bits per heavy atom. The van der Waals surface area contributed by atoms with Gasteiger partial charge in [-0.1, -0.05) is 35.6 Å². The number of anilines is 1. The number of benzene rings is 2. The maximum Gasteiger partial charge on any atom is 0.263 e. The van der Waals surface area contributed by atoms with Gasteiger partial charge in [0, 0.05) is 26.2 Å². The topological polar surface area (TPSA) is 45.7 Å². The van der Waals surface area contributed by atoms with E-state index in [-0.39, 0.29) is 5.91 Å². The van der Waals surface area contributed by atoms with E-state index in [9.17, 15) is 4.79 Å². The van der Waals surface area contributed by atoms with Crippen LogP contribution in [0.5, 0.6) is 5.75 Å². The molecule has 1 atom stereocenters. The summed E-state index contributed by atoms with van der Waals surface area (Å²) in [5.74, 6) is 0.764. The van der Waals surface area contributed by atoms with Crippen molar-refractivity contribution >= 4 is 32.6 Å².